The quantitative estimate of drug-likeness (QED) is 0.830. The van der Waals surface area contributed by atoms with Gasteiger partial charge < -0.3 is 15.5 Å². The SMILES string of the molecule is CC1C2CN(c3cccc(C(F)(F)F)c3)CCN2C(=O)[C@]12CC[C@@H](N)C2. The van der Waals surface area contributed by atoms with E-state index in [9.17, 15) is 18.0 Å². The molecule has 1 spiro atoms. The van der Waals surface area contributed by atoms with Crippen molar-refractivity contribution in [3.8, 4) is 0 Å². The Hall–Kier alpha value is -1.76. The highest BCUT2D eigenvalue weighted by Crippen LogP contribution is 2.52. The molecule has 4 atom stereocenters. The Bertz CT molecular complexity index is 722. The van der Waals surface area contributed by atoms with E-state index in [0.717, 1.165) is 25.3 Å². The number of rotatable bonds is 1. The first-order valence-electron chi connectivity index (χ1n) is 9.21. The highest BCUT2D eigenvalue weighted by Gasteiger charge is 2.60. The number of hydrogen-bond acceptors (Lipinski definition) is 3. The maximum atomic E-state index is 13.1. The van der Waals surface area contributed by atoms with Gasteiger partial charge in [0.1, 0.15) is 0 Å². The average Bonchev–Trinajstić information content (AvgIpc) is 3.10. The minimum atomic E-state index is -4.35. The van der Waals surface area contributed by atoms with Crippen LogP contribution in [0.1, 0.15) is 31.7 Å². The topological polar surface area (TPSA) is 49.6 Å². The Balaban J connectivity index is 1.58. The van der Waals surface area contributed by atoms with E-state index >= 15 is 0 Å². The molecule has 1 saturated carbocycles. The van der Waals surface area contributed by atoms with E-state index in [0.29, 0.717) is 25.3 Å². The largest absolute Gasteiger partial charge is 0.416 e. The minimum Gasteiger partial charge on any atom is -0.368 e. The number of halogens is 3. The third-order valence-electron chi connectivity index (χ3n) is 6.68. The van der Waals surface area contributed by atoms with Crippen LogP contribution in [0.15, 0.2) is 24.3 Å². The Labute approximate surface area is 151 Å². The second-order valence-electron chi connectivity index (χ2n) is 8.01. The fraction of sp³-hybridized carbons (Fsp3) is 0.632. The lowest BCUT2D eigenvalue weighted by Crippen LogP contribution is -2.53. The number of alkyl halides is 3. The lowest BCUT2D eigenvalue weighted by molar-refractivity contribution is -0.138. The number of hydrogen-bond donors (Lipinski definition) is 1. The molecule has 4 rings (SSSR count). The van der Waals surface area contributed by atoms with Crippen molar-refractivity contribution in [3.05, 3.63) is 29.8 Å². The molecule has 2 saturated heterocycles. The zero-order valence-electron chi connectivity index (χ0n) is 14.8. The van der Waals surface area contributed by atoms with Gasteiger partial charge in [-0.1, -0.05) is 13.0 Å². The first-order chi connectivity index (χ1) is 12.2. The first-order valence-corrected chi connectivity index (χ1v) is 9.21. The normalized spacial score (nSPS) is 34.7. The second-order valence-corrected chi connectivity index (χ2v) is 8.01. The van der Waals surface area contributed by atoms with Gasteiger partial charge in [-0.3, -0.25) is 4.79 Å². The van der Waals surface area contributed by atoms with Crippen LogP contribution in [0.2, 0.25) is 0 Å². The third kappa shape index (κ3) is 2.59. The summed E-state index contributed by atoms with van der Waals surface area (Å²) in [5.41, 5.74) is 5.66. The summed E-state index contributed by atoms with van der Waals surface area (Å²) in [4.78, 5) is 17.0. The second kappa shape index (κ2) is 5.87. The zero-order valence-corrected chi connectivity index (χ0v) is 14.8. The fourth-order valence-electron chi connectivity index (χ4n) is 5.18. The molecule has 4 nitrogen and oxygen atoms in total. The summed E-state index contributed by atoms with van der Waals surface area (Å²) in [5, 5.41) is 0. The molecule has 2 aliphatic heterocycles. The van der Waals surface area contributed by atoms with Crippen molar-refractivity contribution < 1.29 is 18.0 Å². The molecule has 3 aliphatic rings. The first kappa shape index (κ1) is 17.6. The maximum absolute atomic E-state index is 13.1. The summed E-state index contributed by atoms with van der Waals surface area (Å²) in [5.74, 6) is 0.365. The Morgan fingerprint density at radius 1 is 1.27 bits per heavy atom. The molecule has 2 unspecified atom stereocenters. The summed E-state index contributed by atoms with van der Waals surface area (Å²) >= 11 is 0. The molecule has 1 amide bonds. The number of nitrogens with zero attached hydrogens (tertiary/aromatic N) is 2. The molecule has 0 radical (unpaired) electrons. The molecule has 0 bridgehead atoms. The predicted octanol–water partition coefficient (Wildman–Crippen LogP) is 2.87. The number of anilines is 1. The Kier molecular flexibility index (Phi) is 3.99. The fourth-order valence-corrected chi connectivity index (χ4v) is 5.18. The standard InChI is InChI=1S/C19H24F3N3O/c1-12-16-11-24(15-4-2-3-13(9-15)19(20,21)22)7-8-25(16)17(26)18(12)6-5-14(23)10-18/h2-4,9,12,14,16H,5-8,10-11,23H2,1H3/t12?,14-,16?,18+/m1/s1. The van der Waals surface area contributed by atoms with Crippen molar-refractivity contribution in [2.24, 2.45) is 17.1 Å². The smallest absolute Gasteiger partial charge is 0.368 e. The van der Waals surface area contributed by atoms with Crippen molar-refractivity contribution in [2.75, 3.05) is 24.5 Å². The van der Waals surface area contributed by atoms with Crippen LogP contribution < -0.4 is 10.6 Å². The Morgan fingerprint density at radius 2 is 2.04 bits per heavy atom. The van der Waals surface area contributed by atoms with E-state index in [1.54, 1.807) is 6.07 Å². The summed E-state index contributed by atoms with van der Waals surface area (Å²) in [7, 11) is 0. The molecule has 26 heavy (non-hydrogen) atoms. The maximum Gasteiger partial charge on any atom is 0.416 e. The molecule has 142 valence electrons. The average molecular weight is 367 g/mol. The number of amides is 1. The number of fused-ring (bicyclic) bond motifs is 1. The van der Waals surface area contributed by atoms with Gasteiger partial charge in [0.05, 0.1) is 17.0 Å². The number of carbonyl (C=O) groups is 1. The van der Waals surface area contributed by atoms with Gasteiger partial charge in [-0.2, -0.15) is 13.2 Å². The molecule has 3 fully saturated rings. The number of carbonyl (C=O) groups excluding carboxylic acids is 1. The van der Waals surface area contributed by atoms with Crippen LogP contribution in [0.4, 0.5) is 18.9 Å². The molecule has 2 N–H and O–H groups in total. The summed E-state index contributed by atoms with van der Waals surface area (Å²) in [6.07, 6.45) is -1.93. The van der Waals surface area contributed by atoms with Crippen molar-refractivity contribution in [3.63, 3.8) is 0 Å². The van der Waals surface area contributed by atoms with Gasteiger partial charge in [0.2, 0.25) is 5.91 Å². The van der Waals surface area contributed by atoms with Gasteiger partial charge >= 0.3 is 6.18 Å². The van der Waals surface area contributed by atoms with Crippen LogP contribution >= 0.6 is 0 Å². The molecular formula is C19H24F3N3O. The molecule has 0 aromatic heterocycles. The molecule has 7 heteroatoms. The monoisotopic (exact) mass is 367 g/mol. The van der Waals surface area contributed by atoms with E-state index < -0.39 is 11.7 Å². The van der Waals surface area contributed by atoms with Crippen LogP contribution in [0.5, 0.6) is 0 Å². The minimum absolute atomic E-state index is 0.0380. The summed E-state index contributed by atoms with van der Waals surface area (Å²) < 4.78 is 39.1. The molecule has 1 aromatic rings. The summed E-state index contributed by atoms with van der Waals surface area (Å²) in [6.45, 7) is 3.79. The van der Waals surface area contributed by atoms with E-state index in [-0.39, 0.29) is 29.3 Å². The van der Waals surface area contributed by atoms with Gasteiger partial charge in [0.15, 0.2) is 0 Å². The number of nitrogens with two attached hydrogens (primary N) is 1. The zero-order chi connectivity index (χ0) is 18.7. The molecule has 1 aliphatic carbocycles. The van der Waals surface area contributed by atoms with Crippen LogP contribution in [0, 0.1) is 11.3 Å². The number of benzene rings is 1. The van der Waals surface area contributed by atoms with Crippen molar-refractivity contribution in [1.82, 2.24) is 4.90 Å². The predicted molar refractivity (Wildman–Crippen MR) is 92.6 cm³/mol. The van der Waals surface area contributed by atoms with Gasteiger partial charge in [-0.25, -0.2) is 0 Å². The van der Waals surface area contributed by atoms with Crippen LogP contribution in [0.25, 0.3) is 0 Å². The van der Waals surface area contributed by atoms with Crippen LogP contribution in [-0.2, 0) is 11.0 Å². The lowest BCUT2D eigenvalue weighted by atomic mass is 9.74. The van der Waals surface area contributed by atoms with Gasteiger partial charge in [-0.05, 0) is 43.4 Å². The highest BCUT2D eigenvalue weighted by atomic mass is 19.4. The Morgan fingerprint density at radius 3 is 2.69 bits per heavy atom. The molecule has 2 heterocycles. The van der Waals surface area contributed by atoms with Crippen molar-refractivity contribution in [1.29, 1.82) is 0 Å². The number of piperazine rings is 1. The molecule has 1 aromatic carbocycles. The summed E-state index contributed by atoms with van der Waals surface area (Å²) in [6, 6.07) is 5.58. The van der Waals surface area contributed by atoms with Crippen molar-refractivity contribution in [2.45, 2.75) is 44.4 Å². The molecular weight excluding hydrogens is 343 g/mol. The lowest BCUT2D eigenvalue weighted by Gasteiger charge is -2.40. The van der Waals surface area contributed by atoms with Crippen LogP contribution in [0.3, 0.4) is 0 Å². The van der Waals surface area contributed by atoms with E-state index in [4.69, 9.17) is 5.73 Å². The van der Waals surface area contributed by atoms with Gasteiger partial charge in [0.25, 0.3) is 0 Å². The third-order valence-corrected chi connectivity index (χ3v) is 6.68. The van der Waals surface area contributed by atoms with Gasteiger partial charge in [-0.15, -0.1) is 0 Å². The van der Waals surface area contributed by atoms with E-state index in [1.807, 2.05) is 9.80 Å². The van der Waals surface area contributed by atoms with E-state index in [2.05, 4.69) is 6.92 Å². The highest BCUT2D eigenvalue weighted by molar-refractivity contribution is 5.87. The van der Waals surface area contributed by atoms with Crippen LogP contribution in [-0.4, -0.2) is 42.5 Å². The van der Waals surface area contributed by atoms with Gasteiger partial charge in [0, 0.05) is 31.4 Å². The van der Waals surface area contributed by atoms with E-state index in [1.165, 1.54) is 12.1 Å². The van der Waals surface area contributed by atoms with Crippen molar-refractivity contribution >= 4 is 11.6 Å².